The van der Waals surface area contributed by atoms with E-state index in [1.807, 2.05) is 47.2 Å². The molecule has 1 aliphatic carbocycles. The number of para-hydroxylation sites is 1. The zero-order valence-corrected chi connectivity index (χ0v) is 14.3. The predicted octanol–water partition coefficient (Wildman–Crippen LogP) is 1.74. The molecule has 128 valence electrons. The molecule has 5 nitrogen and oxygen atoms in total. The molecule has 2 aliphatic heterocycles. The SMILES string of the molecule is CN1CC(=O)N(c2ccccc2)C[C@]12CCN(C(=O)CC1CC1)C2. The predicted molar refractivity (Wildman–Crippen MR) is 92.7 cm³/mol. The molecule has 0 unspecified atom stereocenters. The average molecular weight is 327 g/mol. The summed E-state index contributed by atoms with van der Waals surface area (Å²) in [5, 5.41) is 0. The molecule has 1 aromatic carbocycles. The molecule has 2 amide bonds. The van der Waals surface area contributed by atoms with Gasteiger partial charge in [0.15, 0.2) is 0 Å². The number of piperazine rings is 1. The van der Waals surface area contributed by atoms with Crippen LogP contribution in [0.15, 0.2) is 30.3 Å². The maximum atomic E-state index is 12.5. The summed E-state index contributed by atoms with van der Waals surface area (Å²) >= 11 is 0. The fourth-order valence-electron chi connectivity index (χ4n) is 4.01. The molecule has 1 saturated carbocycles. The lowest BCUT2D eigenvalue weighted by Gasteiger charge is -2.46. The minimum absolute atomic E-state index is 0.108. The second-order valence-corrected chi connectivity index (χ2v) is 7.61. The smallest absolute Gasteiger partial charge is 0.241 e. The molecule has 5 heteroatoms. The van der Waals surface area contributed by atoms with Crippen molar-refractivity contribution in [3.05, 3.63) is 30.3 Å². The number of hydrogen-bond donors (Lipinski definition) is 0. The topological polar surface area (TPSA) is 43.9 Å². The van der Waals surface area contributed by atoms with E-state index in [0.717, 1.165) is 25.2 Å². The minimum atomic E-state index is -0.108. The number of likely N-dealkylation sites (tertiary alicyclic amines) is 1. The van der Waals surface area contributed by atoms with Crippen LogP contribution in [-0.4, -0.2) is 60.4 Å². The summed E-state index contributed by atoms with van der Waals surface area (Å²) in [6, 6.07) is 9.87. The van der Waals surface area contributed by atoms with Crippen LogP contribution in [0.4, 0.5) is 5.69 Å². The Morgan fingerprint density at radius 3 is 2.67 bits per heavy atom. The Hall–Kier alpha value is -1.88. The van der Waals surface area contributed by atoms with Gasteiger partial charge in [0.2, 0.25) is 11.8 Å². The fraction of sp³-hybridized carbons (Fsp3) is 0.579. The molecule has 3 aliphatic rings. The highest BCUT2D eigenvalue weighted by Crippen LogP contribution is 2.36. The van der Waals surface area contributed by atoms with Crippen LogP contribution in [0.5, 0.6) is 0 Å². The van der Waals surface area contributed by atoms with E-state index in [4.69, 9.17) is 0 Å². The van der Waals surface area contributed by atoms with E-state index in [1.54, 1.807) is 0 Å². The van der Waals surface area contributed by atoms with Gasteiger partial charge >= 0.3 is 0 Å². The number of anilines is 1. The van der Waals surface area contributed by atoms with Crippen molar-refractivity contribution < 1.29 is 9.59 Å². The van der Waals surface area contributed by atoms with Crippen LogP contribution in [0, 0.1) is 5.92 Å². The van der Waals surface area contributed by atoms with Crippen molar-refractivity contribution in [2.24, 2.45) is 5.92 Å². The minimum Gasteiger partial charge on any atom is -0.341 e. The number of amides is 2. The highest BCUT2D eigenvalue weighted by atomic mass is 16.2. The van der Waals surface area contributed by atoms with Crippen LogP contribution in [0.3, 0.4) is 0 Å². The van der Waals surface area contributed by atoms with Gasteiger partial charge in [-0.3, -0.25) is 14.5 Å². The first kappa shape index (κ1) is 15.6. The zero-order valence-electron chi connectivity index (χ0n) is 14.3. The van der Waals surface area contributed by atoms with Crippen LogP contribution >= 0.6 is 0 Å². The van der Waals surface area contributed by atoms with Gasteiger partial charge in [0.25, 0.3) is 0 Å². The van der Waals surface area contributed by atoms with E-state index in [2.05, 4.69) is 4.90 Å². The lowest BCUT2D eigenvalue weighted by atomic mass is 9.92. The van der Waals surface area contributed by atoms with Gasteiger partial charge in [-0.25, -0.2) is 0 Å². The summed E-state index contributed by atoms with van der Waals surface area (Å²) in [4.78, 5) is 31.1. The number of rotatable bonds is 3. The summed E-state index contributed by atoms with van der Waals surface area (Å²) in [7, 11) is 2.02. The van der Waals surface area contributed by atoms with Gasteiger partial charge in [0.05, 0.1) is 12.1 Å². The van der Waals surface area contributed by atoms with Crippen molar-refractivity contribution in [3.8, 4) is 0 Å². The standard InChI is InChI=1S/C19H25N3O2/c1-20-12-18(24)22(16-5-3-2-4-6-16)14-19(20)9-10-21(13-19)17(23)11-15-7-8-15/h2-6,15H,7-14H2,1H3/t19-/m1/s1. The van der Waals surface area contributed by atoms with Crippen molar-refractivity contribution in [2.75, 3.05) is 38.1 Å². The normalized spacial score (nSPS) is 28.0. The van der Waals surface area contributed by atoms with E-state index in [9.17, 15) is 9.59 Å². The zero-order chi connectivity index (χ0) is 16.7. The monoisotopic (exact) mass is 327 g/mol. The molecule has 0 bridgehead atoms. The van der Waals surface area contributed by atoms with Crippen molar-refractivity contribution in [1.82, 2.24) is 9.80 Å². The average Bonchev–Trinajstić information content (AvgIpc) is 3.29. The van der Waals surface area contributed by atoms with Gasteiger partial charge in [-0.15, -0.1) is 0 Å². The largest absolute Gasteiger partial charge is 0.341 e. The van der Waals surface area contributed by atoms with Crippen molar-refractivity contribution in [1.29, 1.82) is 0 Å². The first-order valence-electron chi connectivity index (χ1n) is 8.92. The van der Waals surface area contributed by atoms with Crippen molar-refractivity contribution >= 4 is 17.5 Å². The quantitative estimate of drug-likeness (QED) is 0.849. The molecule has 4 rings (SSSR count). The number of carbonyl (C=O) groups is 2. The van der Waals surface area contributed by atoms with E-state index in [-0.39, 0.29) is 11.4 Å². The fourth-order valence-corrected chi connectivity index (χ4v) is 4.01. The third kappa shape index (κ3) is 2.81. The molecule has 1 aromatic rings. The van der Waals surface area contributed by atoms with Crippen LogP contribution in [-0.2, 0) is 9.59 Å². The Morgan fingerprint density at radius 1 is 1.21 bits per heavy atom. The van der Waals surface area contributed by atoms with Crippen LogP contribution in [0.2, 0.25) is 0 Å². The summed E-state index contributed by atoms with van der Waals surface area (Å²) in [5.41, 5.74) is 0.848. The Morgan fingerprint density at radius 2 is 1.96 bits per heavy atom. The third-order valence-corrected chi connectivity index (χ3v) is 5.85. The van der Waals surface area contributed by atoms with Crippen LogP contribution < -0.4 is 4.90 Å². The van der Waals surface area contributed by atoms with E-state index >= 15 is 0 Å². The second-order valence-electron chi connectivity index (χ2n) is 7.61. The van der Waals surface area contributed by atoms with E-state index < -0.39 is 0 Å². The maximum absolute atomic E-state index is 12.5. The molecule has 0 radical (unpaired) electrons. The number of nitrogens with zero attached hydrogens (tertiary/aromatic N) is 3. The molecule has 0 aromatic heterocycles. The molecule has 2 saturated heterocycles. The number of likely N-dealkylation sites (N-methyl/N-ethyl adjacent to an activating group) is 1. The lowest BCUT2D eigenvalue weighted by molar-refractivity contribution is -0.131. The van der Waals surface area contributed by atoms with Crippen LogP contribution in [0.25, 0.3) is 0 Å². The van der Waals surface area contributed by atoms with Crippen molar-refractivity contribution in [3.63, 3.8) is 0 Å². The van der Waals surface area contributed by atoms with Gasteiger partial charge in [-0.2, -0.15) is 0 Å². The summed E-state index contributed by atoms with van der Waals surface area (Å²) in [5.74, 6) is 1.06. The number of carbonyl (C=O) groups excluding carboxylic acids is 2. The molecule has 1 spiro atoms. The molecule has 0 N–H and O–H groups in total. The molecular weight excluding hydrogens is 302 g/mol. The highest BCUT2D eigenvalue weighted by Gasteiger charge is 2.48. The Labute approximate surface area is 143 Å². The molecule has 1 atom stereocenters. The molecule has 3 fully saturated rings. The Bertz CT molecular complexity index is 643. The van der Waals surface area contributed by atoms with E-state index in [0.29, 0.717) is 31.3 Å². The first-order valence-corrected chi connectivity index (χ1v) is 8.92. The van der Waals surface area contributed by atoms with Gasteiger partial charge in [-0.1, -0.05) is 18.2 Å². The molecule has 24 heavy (non-hydrogen) atoms. The van der Waals surface area contributed by atoms with Gasteiger partial charge in [0.1, 0.15) is 0 Å². The number of hydrogen-bond acceptors (Lipinski definition) is 3. The van der Waals surface area contributed by atoms with Gasteiger partial charge in [0, 0.05) is 31.7 Å². The van der Waals surface area contributed by atoms with Gasteiger partial charge < -0.3 is 9.80 Å². The molecule has 2 heterocycles. The Balaban J connectivity index is 1.51. The highest BCUT2D eigenvalue weighted by molar-refractivity contribution is 5.96. The number of benzene rings is 1. The lowest BCUT2D eigenvalue weighted by Crippen LogP contribution is -2.64. The summed E-state index contributed by atoms with van der Waals surface area (Å²) in [6.07, 6.45) is 4.07. The maximum Gasteiger partial charge on any atom is 0.241 e. The third-order valence-electron chi connectivity index (χ3n) is 5.85. The second kappa shape index (κ2) is 5.88. The molecular formula is C19H25N3O2. The van der Waals surface area contributed by atoms with E-state index in [1.165, 1.54) is 12.8 Å². The summed E-state index contributed by atoms with van der Waals surface area (Å²) < 4.78 is 0. The Kier molecular flexibility index (Phi) is 3.83. The summed E-state index contributed by atoms with van der Waals surface area (Å²) in [6.45, 7) is 2.64. The van der Waals surface area contributed by atoms with Crippen LogP contribution in [0.1, 0.15) is 25.7 Å². The first-order chi connectivity index (χ1) is 11.6. The van der Waals surface area contributed by atoms with Gasteiger partial charge in [-0.05, 0) is 44.4 Å². The van der Waals surface area contributed by atoms with Crippen molar-refractivity contribution in [2.45, 2.75) is 31.2 Å².